The van der Waals surface area contributed by atoms with Gasteiger partial charge in [0, 0.05) is 25.2 Å². The lowest BCUT2D eigenvalue weighted by Gasteiger charge is -2.23. The predicted octanol–water partition coefficient (Wildman–Crippen LogP) is 2.07. The third-order valence-electron chi connectivity index (χ3n) is 3.23. The summed E-state index contributed by atoms with van der Waals surface area (Å²) in [6, 6.07) is 3.61. The zero-order valence-corrected chi connectivity index (χ0v) is 13.8. The van der Waals surface area contributed by atoms with Crippen LogP contribution in [-0.4, -0.2) is 35.2 Å². The van der Waals surface area contributed by atoms with Gasteiger partial charge in [0.05, 0.1) is 5.69 Å². The van der Waals surface area contributed by atoms with E-state index in [9.17, 15) is 9.59 Å². The van der Waals surface area contributed by atoms with Crippen molar-refractivity contribution >= 4 is 23.5 Å². The van der Waals surface area contributed by atoms with Gasteiger partial charge in [-0.25, -0.2) is 9.78 Å². The standard InChI is InChI=1S/C16H24N4O3/c1-16(2,3)23-15(22)19-10-8-13(21)20(11-6-7-11)14-12(17)5-4-9-18-14/h4-5,9,11H,6-8,10,17H2,1-3H3,(H,19,22). The Kier molecular flexibility index (Phi) is 5.08. The zero-order chi connectivity index (χ0) is 17.0. The highest BCUT2D eigenvalue weighted by Gasteiger charge is 2.35. The fourth-order valence-electron chi connectivity index (χ4n) is 2.14. The Morgan fingerprint density at radius 2 is 2.13 bits per heavy atom. The van der Waals surface area contributed by atoms with Gasteiger partial charge in [-0.15, -0.1) is 0 Å². The number of rotatable bonds is 5. The van der Waals surface area contributed by atoms with Gasteiger partial charge in [0.15, 0.2) is 5.82 Å². The number of carbonyl (C=O) groups is 2. The van der Waals surface area contributed by atoms with Crippen LogP contribution in [0.5, 0.6) is 0 Å². The Morgan fingerprint density at radius 1 is 1.43 bits per heavy atom. The number of nitrogens with two attached hydrogens (primary N) is 1. The van der Waals surface area contributed by atoms with E-state index in [2.05, 4.69) is 10.3 Å². The van der Waals surface area contributed by atoms with Gasteiger partial charge in [0.1, 0.15) is 5.60 Å². The molecular weight excluding hydrogens is 296 g/mol. The van der Waals surface area contributed by atoms with Crippen molar-refractivity contribution in [3.8, 4) is 0 Å². The van der Waals surface area contributed by atoms with E-state index in [1.54, 1.807) is 44.0 Å². The Morgan fingerprint density at radius 3 is 2.70 bits per heavy atom. The lowest BCUT2D eigenvalue weighted by Crippen LogP contribution is -2.38. The summed E-state index contributed by atoms with van der Waals surface area (Å²) in [6.45, 7) is 5.58. The Labute approximate surface area is 136 Å². The first-order valence-corrected chi connectivity index (χ1v) is 7.77. The summed E-state index contributed by atoms with van der Waals surface area (Å²) < 4.78 is 5.14. The number of nitrogen functional groups attached to an aromatic ring is 1. The molecule has 0 spiro atoms. The number of nitrogens with one attached hydrogen (secondary N) is 1. The lowest BCUT2D eigenvalue weighted by atomic mass is 10.2. The maximum Gasteiger partial charge on any atom is 0.407 e. The number of aromatic nitrogens is 1. The molecule has 2 rings (SSSR count). The smallest absolute Gasteiger partial charge is 0.407 e. The van der Waals surface area contributed by atoms with Gasteiger partial charge < -0.3 is 15.8 Å². The second-order valence-corrected chi connectivity index (χ2v) is 6.59. The predicted molar refractivity (Wildman–Crippen MR) is 88.0 cm³/mol. The average Bonchev–Trinajstić information content (AvgIpc) is 3.24. The van der Waals surface area contributed by atoms with Crippen molar-refractivity contribution in [3.05, 3.63) is 18.3 Å². The molecule has 1 aliphatic carbocycles. The van der Waals surface area contributed by atoms with E-state index in [0.717, 1.165) is 12.8 Å². The van der Waals surface area contributed by atoms with Crippen LogP contribution in [0.3, 0.4) is 0 Å². The first-order chi connectivity index (χ1) is 10.8. The van der Waals surface area contributed by atoms with E-state index in [4.69, 9.17) is 10.5 Å². The van der Waals surface area contributed by atoms with Gasteiger partial charge in [-0.2, -0.15) is 0 Å². The lowest BCUT2D eigenvalue weighted by molar-refractivity contribution is -0.118. The van der Waals surface area contributed by atoms with Gasteiger partial charge in [-0.3, -0.25) is 9.69 Å². The Balaban J connectivity index is 1.90. The van der Waals surface area contributed by atoms with Crippen molar-refractivity contribution < 1.29 is 14.3 Å². The van der Waals surface area contributed by atoms with Crippen molar-refractivity contribution in [2.75, 3.05) is 17.2 Å². The number of pyridine rings is 1. The van der Waals surface area contributed by atoms with Crippen LogP contribution in [0.15, 0.2) is 18.3 Å². The molecule has 2 amide bonds. The van der Waals surface area contributed by atoms with Crippen LogP contribution in [0.1, 0.15) is 40.0 Å². The molecule has 0 aliphatic heterocycles. The third-order valence-corrected chi connectivity index (χ3v) is 3.23. The number of hydrogen-bond donors (Lipinski definition) is 2. The highest BCUT2D eigenvalue weighted by atomic mass is 16.6. The summed E-state index contributed by atoms with van der Waals surface area (Å²) in [4.78, 5) is 29.9. The second kappa shape index (κ2) is 6.85. The van der Waals surface area contributed by atoms with E-state index >= 15 is 0 Å². The summed E-state index contributed by atoms with van der Waals surface area (Å²) in [5.41, 5.74) is 5.85. The molecule has 0 saturated heterocycles. The number of carbonyl (C=O) groups excluding carboxylic acids is 2. The molecule has 0 atom stereocenters. The molecule has 1 aromatic rings. The molecule has 3 N–H and O–H groups in total. The largest absolute Gasteiger partial charge is 0.444 e. The summed E-state index contributed by atoms with van der Waals surface area (Å²) in [5, 5.41) is 2.59. The van der Waals surface area contributed by atoms with Crippen LogP contribution in [0.2, 0.25) is 0 Å². The minimum absolute atomic E-state index is 0.103. The Bertz CT molecular complexity index is 579. The summed E-state index contributed by atoms with van der Waals surface area (Å²) >= 11 is 0. The fourth-order valence-corrected chi connectivity index (χ4v) is 2.14. The molecule has 1 aliphatic rings. The minimum atomic E-state index is -0.559. The molecule has 0 bridgehead atoms. The van der Waals surface area contributed by atoms with Gasteiger partial charge in [0.25, 0.3) is 0 Å². The summed E-state index contributed by atoms with van der Waals surface area (Å²) in [6.07, 6.45) is 3.15. The first-order valence-electron chi connectivity index (χ1n) is 7.77. The quantitative estimate of drug-likeness (QED) is 0.865. The van der Waals surface area contributed by atoms with E-state index in [0.29, 0.717) is 11.5 Å². The minimum Gasteiger partial charge on any atom is -0.444 e. The van der Waals surface area contributed by atoms with E-state index in [1.165, 1.54) is 0 Å². The third kappa shape index (κ3) is 5.12. The molecule has 1 saturated carbocycles. The van der Waals surface area contributed by atoms with Crippen LogP contribution in [0.4, 0.5) is 16.3 Å². The van der Waals surface area contributed by atoms with E-state index < -0.39 is 11.7 Å². The van der Waals surface area contributed by atoms with Crippen molar-refractivity contribution in [2.24, 2.45) is 0 Å². The van der Waals surface area contributed by atoms with Crippen molar-refractivity contribution in [1.82, 2.24) is 10.3 Å². The maximum atomic E-state index is 12.5. The monoisotopic (exact) mass is 320 g/mol. The number of alkyl carbamates (subject to hydrolysis) is 1. The summed E-state index contributed by atoms with van der Waals surface area (Å²) in [5.74, 6) is 0.395. The number of hydrogen-bond acceptors (Lipinski definition) is 5. The van der Waals surface area contributed by atoms with Crippen molar-refractivity contribution in [1.29, 1.82) is 0 Å². The molecule has 1 aromatic heterocycles. The molecule has 1 fully saturated rings. The van der Waals surface area contributed by atoms with Crippen LogP contribution in [-0.2, 0) is 9.53 Å². The highest BCUT2D eigenvalue weighted by Crippen LogP contribution is 2.33. The fraction of sp³-hybridized carbons (Fsp3) is 0.562. The molecule has 7 nitrogen and oxygen atoms in total. The molecule has 0 unspecified atom stereocenters. The number of amides is 2. The van der Waals surface area contributed by atoms with Crippen LogP contribution < -0.4 is 16.0 Å². The first kappa shape index (κ1) is 17.1. The molecule has 1 heterocycles. The van der Waals surface area contributed by atoms with Gasteiger partial charge in [0.2, 0.25) is 5.91 Å². The number of anilines is 2. The average molecular weight is 320 g/mol. The van der Waals surface area contributed by atoms with Crippen LogP contribution in [0.25, 0.3) is 0 Å². The van der Waals surface area contributed by atoms with Crippen LogP contribution >= 0.6 is 0 Å². The van der Waals surface area contributed by atoms with E-state index in [-0.39, 0.29) is 24.9 Å². The van der Waals surface area contributed by atoms with Gasteiger partial charge >= 0.3 is 6.09 Å². The molecule has 23 heavy (non-hydrogen) atoms. The molecular formula is C16H24N4O3. The van der Waals surface area contributed by atoms with Gasteiger partial charge in [-0.1, -0.05) is 0 Å². The number of nitrogens with zero attached hydrogens (tertiary/aromatic N) is 2. The molecule has 0 aromatic carbocycles. The maximum absolute atomic E-state index is 12.5. The topological polar surface area (TPSA) is 97.5 Å². The Hall–Kier alpha value is -2.31. The number of ether oxygens (including phenoxy) is 1. The normalized spacial score (nSPS) is 14.2. The second-order valence-electron chi connectivity index (χ2n) is 6.59. The van der Waals surface area contributed by atoms with Crippen molar-refractivity contribution in [3.63, 3.8) is 0 Å². The summed E-state index contributed by atoms with van der Waals surface area (Å²) in [7, 11) is 0. The zero-order valence-electron chi connectivity index (χ0n) is 13.8. The van der Waals surface area contributed by atoms with Crippen LogP contribution in [0, 0.1) is 0 Å². The van der Waals surface area contributed by atoms with Crippen molar-refractivity contribution in [2.45, 2.75) is 51.7 Å². The van der Waals surface area contributed by atoms with E-state index in [1.807, 2.05) is 0 Å². The SMILES string of the molecule is CC(C)(C)OC(=O)NCCC(=O)N(c1ncccc1N)C1CC1. The molecule has 0 radical (unpaired) electrons. The van der Waals surface area contributed by atoms with Gasteiger partial charge in [-0.05, 0) is 45.7 Å². The molecule has 7 heteroatoms. The highest BCUT2D eigenvalue weighted by molar-refractivity contribution is 5.96. The molecule has 126 valence electrons.